The third-order valence-electron chi connectivity index (χ3n) is 4.13. The zero-order valence-electron chi connectivity index (χ0n) is 13.5. The Labute approximate surface area is 135 Å². The van der Waals surface area contributed by atoms with Gasteiger partial charge in [-0.05, 0) is 12.3 Å². The second-order valence-electron chi connectivity index (χ2n) is 6.09. The van der Waals surface area contributed by atoms with Gasteiger partial charge < -0.3 is 35.0 Å². The predicted molar refractivity (Wildman–Crippen MR) is 79.6 cm³/mol. The van der Waals surface area contributed by atoms with Crippen LogP contribution in [0.3, 0.4) is 0 Å². The van der Waals surface area contributed by atoms with Gasteiger partial charge in [-0.2, -0.15) is 0 Å². The van der Waals surface area contributed by atoms with Crippen LogP contribution < -0.4 is 0 Å². The normalized spacial score (nSPS) is 34.1. The molecule has 1 aliphatic heterocycles. The molecule has 0 saturated carbocycles. The second-order valence-corrected chi connectivity index (χ2v) is 6.09. The molecule has 0 aromatic rings. The fraction of sp³-hybridized carbons (Fsp3) is 0.933. The Hall–Kier alpha value is -0.770. The molecule has 1 saturated heterocycles. The van der Waals surface area contributed by atoms with Crippen LogP contribution in [0, 0.1) is 5.92 Å². The van der Waals surface area contributed by atoms with Gasteiger partial charge in [0.05, 0.1) is 19.1 Å². The number of hydrogen-bond donors (Lipinski definition) is 5. The molecule has 0 aliphatic carbocycles. The fourth-order valence-corrected chi connectivity index (χ4v) is 2.65. The summed E-state index contributed by atoms with van der Waals surface area (Å²) >= 11 is 0. The highest BCUT2D eigenvalue weighted by atomic mass is 16.7. The molecule has 7 atom stereocenters. The van der Waals surface area contributed by atoms with Gasteiger partial charge in [-0.1, -0.05) is 26.7 Å². The van der Waals surface area contributed by atoms with Crippen LogP contribution in [0.25, 0.3) is 0 Å². The van der Waals surface area contributed by atoms with Gasteiger partial charge >= 0.3 is 5.97 Å². The number of rotatable bonds is 9. The molecule has 8 heteroatoms. The summed E-state index contributed by atoms with van der Waals surface area (Å²) in [5.41, 5.74) is 0. The standard InChI is InChI=1S/C15H28O8/c1-3-4-5-9(8(2)6-11(17)18)22-15-14(21)13(20)12(19)10(7-16)23-15/h8-10,12-16,19-21H,3-7H2,1-2H3,(H,17,18)/t8-,9+,10-,12-,13+,14-,15-/m1/s1. The van der Waals surface area contributed by atoms with E-state index in [1.165, 1.54) is 0 Å². The Morgan fingerprint density at radius 2 is 1.87 bits per heavy atom. The number of hydrogen-bond acceptors (Lipinski definition) is 7. The molecule has 136 valence electrons. The Morgan fingerprint density at radius 3 is 2.39 bits per heavy atom. The Morgan fingerprint density at radius 1 is 1.22 bits per heavy atom. The van der Waals surface area contributed by atoms with Gasteiger partial charge in [0.15, 0.2) is 6.29 Å². The van der Waals surface area contributed by atoms with Gasteiger partial charge in [-0.15, -0.1) is 0 Å². The van der Waals surface area contributed by atoms with Crippen molar-refractivity contribution in [3.8, 4) is 0 Å². The van der Waals surface area contributed by atoms with E-state index in [2.05, 4.69) is 0 Å². The van der Waals surface area contributed by atoms with E-state index in [4.69, 9.17) is 14.6 Å². The number of unbranched alkanes of at least 4 members (excludes halogenated alkanes) is 1. The maximum atomic E-state index is 10.9. The van der Waals surface area contributed by atoms with Crippen molar-refractivity contribution in [3.05, 3.63) is 0 Å². The maximum Gasteiger partial charge on any atom is 0.303 e. The third kappa shape index (κ3) is 5.66. The Balaban J connectivity index is 2.77. The summed E-state index contributed by atoms with van der Waals surface area (Å²) in [5.74, 6) is -1.26. The predicted octanol–water partition coefficient (Wildman–Crippen LogP) is -0.528. The first-order chi connectivity index (χ1) is 10.8. The molecule has 0 aromatic heterocycles. The lowest BCUT2D eigenvalue weighted by Crippen LogP contribution is -2.59. The minimum absolute atomic E-state index is 0.0915. The van der Waals surface area contributed by atoms with E-state index in [0.29, 0.717) is 6.42 Å². The Kier molecular flexibility index (Phi) is 8.38. The van der Waals surface area contributed by atoms with Crippen LogP contribution in [0.2, 0.25) is 0 Å². The number of aliphatic hydroxyl groups is 4. The van der Waals surface area contributed by atoms with E-state index in [1.807, 2.05) is 6.92 Å². The summed E-state index contributed by atoms with van der Waals surface area (Å²) in [6, 6.07) is 0. The molecule has 1 rings (SSSR count). The first kappa shape index (κ1) is 20.3. The molecule has 1 heterocycles. The lowest BCUT2D eigenvalue weighted by Gasteiger charge is -2.41. The van der Waals surface area contributed by atoms with E-state index in [-0.39, 0.29) is 12.3 Å². The van der Waals surface area contributed by atoms with Gasteiger partial charge in [0.1, 0.15) is 24.4 Å². The van der Waals surface area contributed by atoms with E-state index in [0.717, 1.165) is 12.8 Å². The highest BCUT2D eigenvalue weighted by Gasteiger charge is 2.45. The topological polar surface area (TPSA) is 137 Å². The molecule has 1 aliphatic rings. The van der Waals surface area contributed by atoms with Crippen LogP contribution in [-0.2, 0) is 14.3 Å². The summed E-state index contributed by atoms with van der Waals surface area (Å²) in [6.45, 7) is 3.19. The van der Waals surface area contributed by atoms with Crippen LogP contribution >= 0.6 is 0 Å². The summed E-state index contributed by atoms with van der Waals surface area (Å²) < 4.78 is 11.0. The average molecular weight is 336 g/mol. The molecule has 0 radical (unpaired) electrons. The van der Waals surface area contributed by atoms with Crippen LogP contribution in [0.15, 0.2) is 0 Å². The van der Waals surface area contributed by atoms with Gasteiger partial charge in [0.2, 0.25) is 0 Å². The summed E-state index contributed by atoms with van der Waals surface area (Å²) in [7, 11) is 0. The van der Waals surface area contributed by atoms with Crippen molar-refractivity contribution in [2.24, 2.45) is 5.92 Å². The Bertz CT molecular complexity index is 361. The fourth-order valence-electron chi connectivity index (χ4n) is 2.65. The molecular formula is C15H28O8. The maximum absolute atomic E-state index is 10.9. The first-order valence-corrected chi connectivity index (χ1v) is 7.99. The quantitative estimate of drug-likeness (QED) is 0.379. The van der Waals surface area contributed by atoms with Gasteiger partial charge in [0, 0.05) is 0 Å². The van der Waals surface area contributed by atoms with Crippen LogP contribution in [0.4, 0.5) is 0 Å². The molecule has 23 heavy (non-hydrogen) atoms. The largest absolute Gasteiger partial charge is 0.481 e. The number of aliphatic carboxylic acids is 1. The van der Waals surface area contributed by atoms with E-state index >= 15 is 0 Å². The summed E-state index contributed by atoms with van der Waals surface area (Å²) in [4.78, 5) is 10.9. The van der Waals surface area contributed by atoms with Crippen LogP contribution in [0.5, 0.6) is 0 Å². The monoisotopic (exact) mass is 336 g/mol. The number of carboxylic acid groups (broad SMARTS) is 1. The van der Waals surface area contributed by atoms with Crippen molar-refractivity contribution in [3.63, 3.8) is 0 Å². The molecular weight excluding hydrogens is 308 g/mol. The highest BCUT2D eigenvalue weighted by molar-refractivity contribution is 5.67. The molecule has 0 spiro atoms. The number of ether oxygens (including phenoxy) is 2. The number of aliphatic hydroxyl groups excluding tert-OH is 4. The molecule has 0 amide bonds. The van der Waals surface area contributed by atoms with Gasteiger partial charge in [-0.25, -0.2) is 0 Å². The van der Waals surface area contributed by atoms with Crippen molar-refractivity contribution < 1.29 is 39.8 Å². The van der Waals surface area contributed by atoms with E-state index in [1.54, 1.807) is 6.92 Å². The summed E-state index contributed by atoms with van der Waals surface area (Å²) in [5, 5.41) is 47.6. The van der Waals surface area contributed by atoms with E-state index < -0.39 is 49.4 Å². The van der Waals surface area contributed by atoms with Gasteiger partial charge in [-0.3, -0.25) is 4.79 Å². The van der Waals surface area contributed by atoms with Crippen molar-refractivity contribution in [2.45, 2.75) is 76.3 Å². The minimum atomic E-state index is -1.51. The second kappa shape index (κ2) is 9.51. The molecule has 1 fully saturated rings. The smallest absolute Gasteiger partial charge is 0.303 e. The lowest BCUT2D eigenvalue weighted by molar-refractivity contribution is -0.315. The molecule has 5 N–H and O–H groups in total. The van der Waals surface area contributed by atoms with E-state index in [9.17, 15) is 25.2 Å². The molecule has 8 nitrogen and oxygen atoms in total. The molecule has 0 bridgehead atoms. The first-order valence-electron chi connectivity index (χ1n) is 7.99. The SMILES string of the molecule is CCCC[C@H](O[C@@H]1O[C@H](CO)[C@@H](O)[C@H](O)[C@H]1O)[C@H](C)CC(=O)O. The van der Waals surface area contributed by atoms with Gasteiger partial charge in [0.25, 0.3) is 0 Å². The number of carboxylic acids is 1. The summed E-state index contributed by atoms with van der Waals surface area (Å²) in [6.07, 6.45) is -4.98. The van der Waals surface area contributed by atoms with Crippen molar-refractivity contribution >= 4 is 5.97 Å². The molecule has 0 unspecified atom stereocenters. The van der Waals surface area contributed by atoms with Crippen molar-refractivity contribution in [1.29, 1.82) is 0 Å². The lowest BCUT2D eigenvalue weighted by atomic mass is 9.95. The van der Waals surface area contributed by atoms with Crippen molar-refractivity contribution in [1.82, 2.24) is 0 Å². The zero-order chi connectivity index (χ0) is 17.6. The zero-order valence-corrected chi connectivity index (χ0v) is 13.5. The third-order valence-corrected chi connectivity index (χ3v) is 4.13. The van der Waals surface area contributed by atoms with Crippen LogP contribution in [0.1, 0.15) is 39.5 Å². The van der Waals surface area contributed by atoms with Crippen molar-refractivity contribution in [2.75, 3.05) is 6.61 Å². The number of carbonyl (C=O) groups is 1. The average Bonchev–Trinajstić information content (AvgIpc) is 2.50. The molecule has 0 aromatic carbocycles. The highest BCUT2D eigenvalue weighted by Crippen LogP contribution is 2.27. The minimum Gasteiger partial charge on any atom is -0.481 e. The van der Waals surface area contributed by atoms with Crippen LogP contribution in [-0.4, -0.2) is 74.9 Å².